The van der Waals surface area contributed by atoms with E-state index in [1.165, 1.54) is 6.92 Å². The molecule has 1 heterocycles. The van der Waals surface area contributed by atoms with Crippen molar-refractivity contribution in [2.24, 2.45) is 5.41 Å². The molecule has 1 atom stereocenters. The molecule has 1 aromatic heterocycles. The van der Waals surface area contributed by atoms with Gasteiger partial charge in [0.15, 0.2) is 0 Å². The van der Waals surface area contributed by atoms with Crippen molar-refractivity contribution in [3.8, 4) is 17.1 Å². The summed E-state index contributed by atoms with van der Waals surface area (Å²) in [6.07, 6.45) is -4.69. The number of esters is 1. The van der Waals surface area contributed by atoms with Crippen LogP contribution in [0.15, 0.2) is 71.7 Å². The molecular weight excluding hydrogens is 397 g/mol. The van der Waals surface area contributed by atoms with Gasteiger partial charge in [-0.3, -0.25) is 0 Å². The Morgan fingerprint density at radius 2 is 1.83 bits per heavy atom. The van der Waals surface area contributed by atoms with Gasteiger partial charge in [-0.2, -0.15) is 13.2 Å². The fraction of sp³-hybridized carbons (Fsp3) is 0.261. The number of ether oxygens (including phenoxy) is 2. The molecule has 0 aliphatic heterocycles. The second-order valence-corrected chi connectivity index (χ2v) is 7.38. The first kappa shape index (κ1) is 21.5. The summed E-state index contributed by atoms with van der Waals surface area (Å²) in [6.45, 7) is 3.86. The number of carbonyl (C=O) groups is 1. The van der Waals surface area contributed by atoms with E-state index >= 15 is 0 Å². The van der Waals surface area contributed by atoms with Crippen LogP contribution in [-0.4, -0.2) is 25.4 Å². The molecule has 0 aliphatic carbocycles. The number of halogens is 3. The summed E-state index contributed by atoms with van der Waals surface area (Å²) in [5.74, 6) is 0.259. The quantitative estimate of drug-likeness (QED) is 0.324. The van der Waals surface area contributed by atoms with E-state index in [1.807, 2.05) is 36.4 Å². The van der Waals surface area contributed by atoms with Crippen molar-refractivity contribution in [2.75, 3.05) is 13.2 Å². The van der Waals surface area contributed by atoms with E-state index in [0.717, 1.165) is 17.0 Å². The van der Waals surface area contributed by atoms with Crippen LogP contribution in [-0.2, 0) is 9.53 Å². The van der Waals surface area contributed by atoms with Gasteiger partial charge in [0.25, 0.3) is 0 Å². The van der Waals surface area contributed by atoms with Gasteiger partial charge in [-0.25, -0.2) is 4.79 Å². The number of rotatable bonds is 8. The number of carbonyl (C=O) groups excluding carboxylic acids is 1. The number of benzene rings is 2. The SMILES string of the molecule is C=CC(=O)OCC(C)(COc1ccc2cc(-c3ccccc3)oc2c1)CC(F)(F)F. The van der Waals surface area contributed by atoms with Crippen molar-refractivity contribution in [1.82, 2.24) is 0 Å². The molecule has 0 spiro atoms. The molecule has 2 aromatic carbocycles. The van der Waals surface area contributed by atoms with Gasteiger partial charge in [-0.15, -0.1) is 0 Å². The Balaban J connectivity index is 1.75. The Kier molecular flexibility index (Phi) is 6.20. The molecule has 0 fully saturated rings. The third-order valence-corrected chi connectivity index (χ3v) is 4.49. The molecule has 0 saturated heterocycles. The molecule has 30 heavy (non-hydrogen) atoms. The van der Waals surface area contributed by atoms with Crippen molar-refractivity contribution >= 4 is 16.9 Å². The van der Waals surface area contributed by atoms with E-state index in [1.54, 1.807) is 18.2 Å². The fourth-order valence-corrected chi connectivity index (χ4v) is 3.04. The maximum absolute atomic E-state index is 13.0. The average molecular weight is 418 g/mol. The van der Waals surface area contributed by atoms with E-state index in [9.17, 15) is 18.0 Å². The highest BCUT2D eigenvalue weighted by Gasteiger charge is 2.41. The number of alkyl halides is 3. The minimum absolute atomic E-state index is 0.297. The summed E-state index contributed by atoms with van der Waals surface area (Å²) in [5.41, 5.74) is 0.0180. The maximum atomic E-state index is 13.0. The molecule has 7 heteroatoms. The molecule has 0 bridgehead atoms. The predicted molar refractivity (Wildman–Crippen MR) is 107 cm³/mol. The summed E-state index contributed by atoms with van der Waals surface area (Å²) in [7, 11) is 0. The van der Waals surface area contributed by atoms with E-state index in [4.69, 9.17) is 13.9 Å². The van der Waals surface area contributed by atoms with Crippen molar-refractivity contribution in [2.45, 2.75) is 19.5 Å². The molecule has 0 N–H and O–H groups in total. The summed E-state index contributed by atoms with van der Waals surface area (Å²) in [6, 6.07) is 16.5. The lowest BCUT2D eigenvalue weighted by atomic mass is 9.88. The molecule has 0 radical (unpaired) electrons. The van der Waals surface area contributed by atoms with Crippen LogP contribution in [0.1, 0.15) is 13.3 Å². The van der Waals surface area contributed by atoms with E-state index in [-0.39, 0.29) is 6.61 Å². The van der Waals surface area contributed by atoms with E-state index < -0.39 is 30.6 Å². The Bertz CT molecular complexity index is 1020. The first-order valence-electron chi connectivity index (χ1n) is 9.25. The van der Waals surface area contributed by atoms with Crippen LogP contribution < -0.4 is 4.74 Å². The van der Waals surface area contributed by atoms with Crippen molar-refractivity contribution in [3.63, 3.8) is 0 Å². The predicted octanol–water partition coefficient (Wildman–Crippen LogP) is 6.17. The zero-order chi connectivity index (χ0) is 21.8. The van der Waals surface area contributed by atoms with Gasteiger partial charge in [0.05, 0.1) is 13.0 Å². The van der Waals surface area contributed by atoms with Gasteiger partial charge in [-0.1, -0.05) is 43.8 Å². The van der Waals surface area contributed by atoms with Gasteiger partial charge < -0.3 is 13.9 Å². The van der Waals surface area contributed by atoms with Crippen molar-refractivity contribution in [3.05, 3.63) is 67.3 Å². The molecule has 3 rings (SSSR count). The summed E-state index contributed by atoms with van der Waals surface area (Å²) in [4.78, 5) is 11.3. The molecule has 158 valence electrons. The lowest BCUT2D eigenvalue weighted by Gasteiger charge is -2.29. The number of hydrogen-bond acceptors (Lipinski definition) is 4. The molecule has 3 aromatic rings. The van der Waals surface area contributed by atoms with Gasteiger partial charge in [0.1, 0.15) is 23.7 Å². The zero-order valence-electron chi connectivity index (χ0n) is 16.4. The maximum Gasteiger partial charge on any atom is 0.389 e. The van der Waals surface area contributed by atoms with Crippen LogP contribution in [0.5, 0.6) is 5.75 Å². The van der Waals surface area contributed by atoms with Crippen LogP contribution in [0, 0.1) is 5.41 Å². The van der Waals surface area contributed by atoms with Crippen LogP contribution in [0.3, 0.4) is 0 Å². The van der Waals surface area contributed by atoms with Crippen LogP contribution in [0.4, 0.5) is 13.2 Å². The van der Waals surface area contributed by atoms with E-state index in [0.29, 0.717) is 17.1 Å². The summed E-state index contributed by atoms with van der Waals surface area (Å²) < 4.78 is 55.4. The van der Waals surface area contributed by atoms with Crippen LogP contribution >= 0.6 is 0 Å². The van der Waals surface area contributed by atoms with Gasteiger partial charge in [0, 0.05) is 28.5 Å². The normalized spacial score (nSPS) is 13.6. The Morgan fingerprint density at radius 3 is 2.50 bits per heavy atom. The molecule has 1 unspecified atom stereocenters. The fourth-order valence-electron chi connectivity index (χ4n) is 3.04. The van der Waals surface area contributed by atoms with Crippen LogP contribution in [0.25, 0.3) is 22.3 Å². The number of fused-ring (bicyclic) bond motifs is 1. The highest BCUT2D eigenvalue weighted by molar-refractivity contribution is 5.84. The average Bonchev–Trinajstić information content (AvgIpc) is 3.13. The summed E-state index contributed by atoms with van der Waals surface area (Å²) in [5, 5.41) is 0.846. The monoisotopic (exact) mass is 418 g/mol. The van der Waals surface area contributed by atoms with Gasteiger partial charge in [-0.05, 0) is 18.2 Å². The van der Waals surface area contributed by atoms with Gasteiger partial charge >= 0.3 is 12.1 Å². The molecule has 4 nitrogen and oxygen atoms in total. The highest BCUT2D eigenvalue weighted by Crippen LogP contribution is 2.35. The number of furan rings is 1. The van der Waals surface area contributed by atoms with Crippen molar-refractivity contribution < 1.29 is 31.9 Å². The summed E-state index contributed by atoms with van der Waals surface area (Å²) >= 11 is 0. The first-order chi connectivity index (χ1) is 14.2. The molecular formula is C23H21F3O4. The minimum atomic E-state index is -4.44. The van der Waals surface area contributed by atoms with E-state index in [2.05, 4.69) is 6.58 Å². The number of hydrogen-bond donors (Lipinski definition) is 0. The molecule has 0 aliphatic rings. The third kappa shape index (κ3) is 5.65. The Morgan fingerprint density at radius 1 is 1.10 bits per heavy atom. The Labute approximate surface area is 171 Å². The van der Waals surface area contributed by atoms with Crippen LogP contribution in [0.2, 0.25) is 0 Å². The largest absolute Gasteiger partial charge is 0.493 e. The van der Waals surface area contributed by atoms with Crippen molar-refractivity contribution in [1.29, 1.82) is 0 Å². The standard InChI is InChI=1S/C23H21F3O4/c1-3-21(27)29-15-22(2,13-23(24,25)26)14-28-18-10-9-17-11-19(30-20(17)12-18)16-7-5-4-6-8-16/h3-12H,1,13-15H2,2H3. The molecule has 0 amide bonds. The molecule has 0 saturated carbocycles. The zero-order valence-corrected chi connectivity index (χ0v) is 16.4. The van der Waals surface area contributed by atoms with Gasteiger partial charge in [0.2, 0.25) is 0 Å². The minimum Gasteiger partial charge on any atom is -0.493 e. The third-order valence-electron chi connectivity index (χ3n) is 4.49. The second-order valence-electron chi connectivity index (χ2n) is 7.38. The lowest BCUT2D eigenvalue weighted by molar-refractivity contribution is -0.172. The second kappa shape index (κ2) is 8.65. The lowest BCUT2D eigenvalue weighted by Crippen LogP contribution is -2.36. The highest BCUT2D eigenvalue weighted by atomic mass is 19.4. The topological polar surface area (TPSA) is 48.7 Å². The smallest absolute Gasteiger partial charge is 0.389 e. The Hall–Kier alpha value is -3.22. The first-order valence-corrected chi connectivity index (χ1v) is 9.25.